The van der Waals surface area contributed by atoms with E-state index in [4.69, 9.17) is 4.74 Å². The molecule has 4 saturated carbocycles. The van der Waals surface area contributed by atoms with Crippen LogP contribution in [0.4, 0.5) is 0 Å². The van der Waals surface area contributed by atoms with E-state index in [0.29, 0.717) is 0 Å². The third-order valence-electron chi connectivity index (χ3n) is 4.47. The molecule has 0 heterocycles. The number of hydrogen-bond acceptors (Lipinski definition) is 2. The van der Waals surface area contributed by atoms with Crippen molar-refractivity contribution in [3.8, 4) is 0 Å². The van der Waals surface area contributed by atoms with E-state index < -0.39 is 0 Å². The molecule has 0 unspecified atom stereocenters. The molecule has 0 aromatic rings. The van der Waals surface area contributed by atoms with E-state index >= 15 is 0 Å². The van der Waals surface area contributed by atoms with Gasteiger partial charge in [0.1, 0.15) is 5.60 Å². The van der Waals surface area contributed by atoms with Gasteiger partial charge in [0.25, 0.3) is 0 Å². The van der Waals surface area contributed by atoms with E-state index in [2.05, 4.69) is 6.58 Å². The van der Waals surface area contributed by atoms with Crippen LogP contribution in [0, 0.1) is 17.8 Å². The molecule has 0 aromatic heterocycles. The topological polar surface area (TPSA) is 57.8 Å². The molecule has 2 N–H and O–H groups in total. The van der Waals surface area contributed by atoms with Gasteiger partial charge in [-0.05, 0) is 56.3 Å². The van der Waals surface area contributed by atoms with Crippen molar-refractivity contribution in [3.05, 3.63) is 12.7 Å². The molecule has 0 aliphatic heterocycles. The van der Waals surface area contributed by atoms with Crippen molar-refractivity contribution in [2.45, 2.75) is 44.1 Å². The third-order valence-corrected chi connectivity index (χ3v) is 4.47. The molecule has 0 saturated heterocycles. The smallest absolute Gasteiger partial charge is 0.330 e. The quantitative estimate of drug-likeness (QED) is 0.531. The minimum Gasteiger partial charge on any atom is -0.456 e. The van der Waals surface area contributed by atoms with E-state index in [1.807, 2.05) is 0 Å². The number of carbonyl (C=O) groups is 1. The van der Waals surface area contributed by atoms with Crippen molar-refractivity contribution in [2.24, 2.45) is 17.8 Å². The van der Waals surface area contributed by atoms with E-state index in [-0.39, 0.29) is 17.0 Å². The number of esters is 1. The Morgan fingerprint density at radius 3 is 1.94 bits per heavy atom. The van der Waals surface area contributed by atoms with E-state index in [1.165, 1.54) is 25.3 Å². The summed E-state index contributed by atoms with van der Waals surface area (Å²) in [7, 11) is 0. The van der Waals surface area contributed by atoms with E-state index in [0.717, 1.165) is 37.0 Å². The molecule has 0 atom stereocenters. The van der Waals surface area contributed by atoms with Crippen molar-refractivity contribution in [1.82, 2.24) is 0 Å². The van der Waals surface area contributed by atoms with Crippen LogP contribution in [0.2, 0.25) is 0 Å². The largest absolute Gasteiger partial charge is 0.456 e. The molecule has 0 radical (unpaired) electrons. The normalized spacial score (nSPS) is 43.6. The monoisotopic (exact) mass is 224 g/mol. The summed E-state index contributed by atoms with van der Waals surface area (Å²) in [6, 6.07) is 0. The van der Waals surface area contributed by atoms with Crippen molar-refractivity contribution < 1.29 is 15.0 Å². The van der Waals surface area contributed by atoms with Gasteiger partial charge in [-0.15, -0.1) is 0 Å². The number of hydrogen-bond donors (Lipinski definition) is 0. The number of carbonyl (C=O) groups excluding carboxylic acids is 1. The molecule has 4 bridgehead atoms. The molecule has 90 valence electrons. The molecule has 4 rings (SSSR count). The molecule has 4 aliphatic rings. The van der Waals surface area contributed by atoms with Crippen LogP contribution in [0.1, 0.15) is 38.5 Å². The van der Waals surface area contributed by atoms with Crippen LogP contribution in [-0.4, -0.2) is 17.0 Å². The predicted octanol–water partition coefficient (Wildman–Crippen LogP) is 1.86. The summed E-state index contributed by atoms with van der Waals surface area (Å²) in [6.07, 6.45) is 8.77. The molecule has 0 amide bonds. The Kier molecular flexibility index (Phi) is 2.82. The molecule has 4 fully saturated rings. The summed E-state index contributed by atoms with van der Waals surface area (Å²) in [5.74, 6) is 2.26. The van der Waals surface area contributed by atoms with Gasteiger partial charge in [-0.2, -0.15) is 0 Å². The van der Waals surface area contributed by atoms with Crippen LogP contribution in [0.5, 0.6) is 0 Å². The maximum absolute atomic E-state index is 11.4. The summed E-state index contributed by atoms with van der Waals surface area (Å²) in [5, 5.41) is 0. The van der Waals surface area contributed by atoms with E-state index in [9.17, 15) is 4.79 Å². The van der Waals surface area contributed by atoms with Crippen LogP contribution in [-0.2, 0) is 9.53 Å². The third kappa shape index (κ3) is 1.77. The van der Waals surface area contributed by atoms with Gasteiger partial charge in [0, 0.05) is 6.08 Å². The van der Waals surface area contributed by atoms with Crippen LogP contribution in [0.3, 0.4) is 0 Å². The summed E-state index contributed by atoms with van der Waals surface area (Å²) >= 11 is 0. The standard InChI is InChI=1S/C13H18O2.H2O/c1-2-12(14)15-13-6-9-3-10(7-13)5-11(4-9)8-13;/h2,9-11H,1,3-8H2;1H2. The first-order chi connectivity index (χ1) is 7.19. The molecule has 0 aromatic carbocycles. The highest BCUT2D eigenvalue weighted by Crippen LogP contribution is 2.57. The molecule has 4 aliphatic carbocycles. The van der Waals surface area contributed by atoms with Crippen molar-refractivity contribution in [2.75, 3.05) is 0 Å². The summed E-state index contributed by atoms with van der Waals surface area (Å²) < 4.78 is 5.64. The highest BCUT2D eigenvalue weighted by atomic mass is 16.6. The Hall–Kier alpha value is -0.830. The summed E-state index contributed by atoms with van der Waals surface area (Å²) in [5.41, 5.74) is -0.0972. The second kappa shape index (κ2) is 3.88. The van der Waals surface area contributed by atoms with Gasteiger partial charge < -0.3 is 10.2 Å². The Balaban J connectivity index is 0.000000963. The maximum atomic E-state index is 11.4. The lowest BCUT2D eigenvalue weighted by atomic mass is 9.54. The van der Waals surface area contributed by atoms with Gasteiger partial charge in [0.15, 0.2) is 0 Å². The molecule has 16 heavy (non-hydrogen) atoms. The first-order valence-corrected chi connectivity index (χ1v) is 6.04. The lowest BCUT2D eigenvalue weighted by Crippen LogP contribution is -2.52. The zero-order valence-corrected chi connectivity index (χ0v) is 9.58. The average molecular weight is 224 g/mol. The molecule has 3 nitrogen and oxygen atoms in total. The predicted molar refractivity (Wildman–Crippen MR) is 60.8 cm³/mol. The van der Waals surface area contributed by atoms with Crippen LogP contribution in [0.25, 0.3) is 0 Å². The summed E-state index contributed by atoms with van der Waals surface area (Å²) in [4.78, 5) is 11.4. The minimum atomic E-state index is -0.225. The fraction of sp³-hybridized carbons (Fsp3) is 0.769. The Bertz CT molecular complexity index is 273. The lowest BCUT2D eigenvalue weighted by molar-refractivity contribution is -0.181. The highest BCUT2D eigenvalue weighted by molar-refractivity contribution is 5.81. The number of ether oxygens (including phenoxy) is 1. The first-order valence-electron chi connectivity index (χ1n) is 6.04. The molecular formula is C13H20O3. The zero-order chi connectivity index (χ0) is 10.5. The molecule has 3 heteroatoms. The minimum absolute atomic E-state index is 0. The van der Waals surface area contributed by atoms with Crippen molar-refractivity contribution in [3.63, 3.8) is 0 Å². The fourth-order valence-corrected chi connectivity index (χ4v) is 4.41. The van der Waals surface area contributed by atoms with Crippen molar-refractivity contribution in [1.29, 1.82) is 0 Å². The van der Waals surface area contributed by atoms with Gasteiger partial charge in [0.2, 0.25) is 0 Å². The molecule has 0 spiro atoms. The van der Waals surface area contributed by atoms with Gasteiger partial charge in [-0.25, -0.2) is 4.79 Å². The second-order valence-corrected chi connectivity index (χ2v) is 5.73. The van der Waals surface area contributed by atoms with Crippen molar-refractivity contribution >= 4 is 5.97 Å². The number of rotatable bonds is 2. The van der Waals surface area contributed by atoms with Gasteiger partial charge in [0.05, 0.1) is 0 Å². The Morgan fingerprint density at radius 2 is 1.56 bits per heavy atom. The van der Waals surface area contributed by atoms with Crippen LogP contribution >= 0.6 is 0 Å². The van der Waals surface area contributed by atoms with Crippen LogP contribution < -0.4 is 0 Å². The highest BCUT2D eigenvalue weighted by Gasteiger charge is 2.52. The zero-order valence-electron chi connectivity index (χ0n) is 9.58. The summed E-state index contributed by atoms with van der Waals surface area (Å²) in [6.45, 7) is 3.48. The average Bonchev–Trinajstić information content (AvgIpc) is 2.14. The van der Waals surface area contributed by atoms with Gasteiger partial charge in [-0.3, -0.25) is 0 Å². The van der Waals surface area contributed by atoms with Gasteiger partial charge >= 0.3 is 5.97 Å². The van der Waals surface area contributed by atoms with Crippen LogP contribution in [0.15, 0.2) is 12.7 Å². The Morgan fingerprint density at radius 1 is 1.12 bits per heavy atom. The first kappa shape index (κ1) is 11.6. The Labute approximate surface area is 96.2 Å². The van der Waals surface area contributed by atoms with E-state index in [1.54, 1.807) is 0 Å². The van der Waals surface area contributed by atoms with Gasteiger partial charge in [-0.1, -0.05) is 6.58 Å². The second-order valence-electron chi connectivity index (χ2n) is 5.73. The molecular weight excluding hydrogens is 204 g/mol. The fourth-order valence-electron chi connectivity index (χ4n) is 4.41. The lowest BCUT2D eigenvalue weighted by Gasteiger charge is -2.55. The SMILES string of the molecule is C=CC(=O)OC12CC3CC(CC(C3)C1)C2.O. The maximum Gasteiger partial charge on any atom is 0.330 e.